The van der Waals surface area contributed by atoms with E-state index in [1.54, 1.807) is 32.0 Å². The molecule has 1 aromatic carbocycles. The van der Waals surface area contributed by atoms with Crippen molar-refractivity contribution in [1.29, 1.82) is 0 Å². The summed E-state index contributed by atoms with van der Waals surface area (Å²) in [5, 5.41) is 21.3. The number of aliphatic hydroxyl groups excluding tert-OH is 2. The van der Waals surface area contributed by atoms with Crippen molar-refractivity contribution >= 4 is 25.8 Å². The smallest absolute Gasteiger partial charge is 0.380 e. The number of ether oxygens (including phenoxy) is 2. The van der Waals surface area contributed by atoms with Gasteiger partial charge in [-0.2, -0.15) is 0 Å². The molecule has 1 unspecified atom stereocenters. The van der Waals surface area contributed by atoms with Gasteiger partial charge in [-0.25, -0.2) is 4.57 Å². The Labute approximate surface area is 216 Å². The Morgan fingerprint density at radius 2 is 1.94 bits per heavy atom. The van der Waals surface area contributed by atoms with Crippen LogP contribution in [0.4, 0.5) is 0 Å². The first kappa shape index (κ1) is 25.3. The highest BCUT2D eigenvalue weighted by Crippen LogP contribution is 2.50. The second-order valence-electron chi connectivity index (χ2n) is 8.70. The Balaban J connectivity index is 1.90. The van der Waals surface area contributed by atoms with Crippen LogP contribution in [0.25, 0.3) is 0 Å². The minimum atomic E-state index is -4.45. The Morgan fingerprint density at radius 3 is 2.58 bits per heavy atom. The van der Waals surface area contributed by atoms with Gasteiger partial charge < -0.3 is 24.2 Å². The SMILES string of the molecule is [2H]C([2H])(O[P@](=O)(C[C@@H](C)C(=O)OC(C)C)Oc1ccccc1)[C@@H]1O[C@H](n2cc(C)c(=O)[nH]c2=S)[C@H](O)C1O. The average molecular weight is 545 g/mol. The number of carbonyl (C=O) groups excluding carboxylic acids is 1. The van der Waals surface area contributed by atoms with Crippen LogP contribution < -0.4 is 10.1 Å². The molecule has 0 saturated carbocycles. The molecule has 0 spiro atoms. The van der Waals surface area contributed by atoms with E-state index in [1.165, 1.54) is 36.7 Å². The predicted octanol–water partition coefficient (Wildman–Crippen LogP) is 2.71. The zero-order chi connectivity index (χ0) is 28.4. The first-order chi connectivity index (χ1) is 17.6. The third-order valence-corrected chi connectivity index (χ3v) is 7.39. The van der Waals surface area contributed by atoms with Crippen LogP contribution >= 0.6 is 19.8 Å². The number of nitrogens with one attached hydrogen (secondary N) is 1. The van der Waals surface area contributed by atoms with Crippen LogP contribution in [0.3, 0.4) is 0 Å². The number of aromatic nitrogens is 2. The molecule has 0 radical (unpaired) electrons. The lowest BCUT2D eigenvalue weighted by molar-refractivity contribution is -0.151. The number of carbonyl (C=O) groups is 1. The number of nitrogens with zero attached hydrogens (tertiary/aromatic N) is 1. The molecule has 2 aromatic rings. The van der Waals surface area contributed by atoms with Crippen molar-refractivity contribution in [3.63, 3.8) is 0 Å². The lowest BCUT2D eigenvalue weighted by Gasteiger charge is -2.24. The molecule has 1 aliphatic heterocycles. The fourth-order valence-electron chi connectivity index (χ4n) is 3.39. The number of hydrogen-bond acceptors (Lipinski definition) is 10. The molecule has 1 fully saturated rings. The van der Waals surface area contributed by atoms with Crippen LogP contribution in [-0.2, 0) is 23.4 Å². The summed E-state index contributed by atoms with van der Waals surface area (Å²) in [6, 6.07) is 7.85. The van der Waals surface area contributed by atoms with E-state index in [0.717, 1.165) is 0 Å². The molecule has 198 valence electrons. The highest BCUT2D eigenvalue weighted by molar-refractivity contribution is 7.71. The van der Waals surface area contributed by atoms with Crippen molar-refractivity contribution in [2.45, 2.75) is 58.3 Å². The van der Waals surface area contributed by atoms with Crippen LogP contribution in [-0.4, -0.2) is 62.9 Å². The van der Waals surface area contributed by atoms with Crippen molar-refractivity contribution in [3.05, 3.63) is 57.2 Å². The Kier molecular flexibility index (Phi) is 8.30. The van der Waals surface area contributed by atoms with Crippen LogP contribution in [0.15, 0.2) is 41.3 Å². The summed E-state index contributed by atoms with van der Waals surface area (Å²) in [7, 11) is -4.45. The van der Waals surface area contributed by atoms with Crippen LogP contribution in [0.5, 0.6) is 5.75 Å². The highest BCUT2D eigenvalue weighted by Gasteiger charge is 2.45. The number of aliphatic hydroxyl groups is 2. The Hall–Kier alpha value is -2.34. The van der Waals surface area contributed by atoms with Gasteiger partial charge in [-0.3, -0.25) is 23.7 Å². The number of benzene rings is 1. The predicted molar refractivity (Wildman–Crippen MR) is 132 cm³/mol. The van der Waals surface area contributed by atoms with Gasteiger partial charge in [0.25, 0.3) is 5.56 Å². The van der Waals surface area contributed by atoms with Gasteiger partial charge in [0.15, 0.2) is 11.0 Å². The lowest BCUT2D eigenvalue weighted by Crippen LogP contribution is -2.34. The summed E-state index contributed by atoms with van der Waals surface area (Å²) < 4.78 is 53.6. The molecule has 0 bridgehead atoms. The standard InChI is InChI=1S/C23H31N2O9PS/c1-13(2)32-22(29)15(4)12-35(30,34-16-8-6-5-7-9-16)31-11-17-18(26)19(27)21(33-17)25-10-14(3)20(28)24-23(25)36/h5-10,13,15,17-19,21,26-27H,11-12H2,1-4H3,(H,24,28,36)/t15-,17+,18?,19-,21+,35-/m1/s1/i11D2. The Bertz CT molecular complexity index is 1300. The Morgan fingerprint density at radius 1 is 1.28 bits per heavy atom. The fraction of sp³-hybridized carbons (Fsp3) is 0.522. The molecule has 6 atom stereocenters. The molecule has 0 amide bonds. The number of esters is 1. The second-order valence-corrected chi connectivity index (χ2v) is 11.0. The van der Waals surface area contributed by atoms with Crippen LogP contribution in [0, 0.1) is 17.6 Å². The first-order valence-corrected chi connectivity index (χ1v) is 13.4. The molecule has 1 aliphatic rings. The molecule has 36 heavy (non-hydrogen) atoms. The van der Waals surface area contributed by atoms with E-state index in [9.17, 15) is 24.4 Å². The van der Waals surface area contributed by atoms with E-state index < -0.39 is 68.4 Å². The minimum absolute atomic E-state index is 0.0943. The summed E-state index contributed by atoms with van der Waals surface area (Å²) in [5.74, 6) is -1.59. The van der Waals surface area contributed by atoms with E-state index in [4.69, 9.17) is 33.5 Å². The highest BCUT2D eigenvalue weighted by atomic mass is 32.1. The van der Waals surface area contributed by atoms with Gasteiger partial charge in [0.2, 0.25) is 0 Å². The minimum Gasteiger partial charge on any atom is -0.463 e. The van der Waals surface area contributed by atoms with Crippen molar-refractivity contribution in [2.75, 3.05) is 12.7 Å². The number of aromatic amines is 1. The normalized spacial score (nSPS) is 25.5. The maximum atomic E-state index is 13.9. The molecule has 11 nitrogen and oxygen atoms in total. The third kappa shape index (κ3) is 6.90. The zero-order valence-corrected chi connectivity index (χ0v) is 21.9. The lowest BCUT2D eigenvalue weighted by atomic mass is 10.1. The first-order valence-electron chi connectivity index (χ1n) is 12.2. The fourth-order valence-corrected chi connectivity index (χ4v) is 5.35. The van der Waals surface area contributed by atoms with E-state index in [-0.39, 0.29) is 16.1 Å². The van der Waals surface area contributed by atoms with Crippen molar-refractivity contribution in [3.8, 4) is 5.75 Å². The van der Waals surface area contributed by atoms with E-state index in [2.05, 4.69) is 4.98 Å². The maximum Gasteiger partial charge on any atom is 0.380 e. The third-order valence-electron chi connectivity index (χ3n) is 5.21. The molecular weight excluding hydrogens is 511 g/mol. The second kappa shape index (κ2) is 11.8. The zero-order valence-electron chi connectivity index (χ0n) is 22.2. The molecule has 3 N–H and O–H groups in total. The average Bonchev–Trinajstić information content (AvgIpc) is 3.11. The summed E-state index contributed by atoms with van der Waals surface area (Å²) >= 11 is 5.12. The van der Waals surface area contributed by atoms with Gasteiger partial charge in [-0.1, -0.05) is 25.1 Å². The molecule has 1 aromatic heterocycles. The molecule has 2 heterocycles. The van der Waals surface area contributed by atoms with Gasteiger partial charge in [0, 0.05) is 11.8 Å². The van der Waals surface area contributed by atoms with Gasteiger partial charge in [0.1, 0.15) is 24.1 Å². The quantitative estimate of drug-likeness (QED) is 0.232. The van der Waals surface area contributed by atoms with Crippen molar-refractivity contribution in [2.24, 2.45) is 5.92 Å². The van der Waals surface area contributed by atoms with Crippen molar-refractivity contribution in [1.82, 2.24) is 9.55 Å². The number of para-hydroxylation sites is 1. The number of aryl methyl sites for hydroxylation is 1. The van der Waals surface area contributed by atoms with Gasteiger partial charge in [0.05, 0.1) is 27.5 Å². The largest absolute Gasteiger partial charge is 0.463 e. The molecule has 13 heteroatoms. The van der Waals surface area contributed by atoms with Crippen LogP contribution in [0.2, 0.25) is 0 Å². The van der Waals surface area contributed by atoms with E-state index in [0.29, 0.717) is 0 Å². The summed E-state index contributed by atoms with van der Waals surface area (Å²) in [4.78, 5) is 26.6. The number of H-pyrrole nitrogens is 1. The summed E-state index contributed by atoms with van der Waals surface area (Å²) in [6.07, 6.45) is -6.48. The number of hydrogen-bond donors (Lipinski definition) is 3. The number of rotatable bonds is 10. The maximum absolute atomic E-state index is 13.9. The monoisotopic (exact) mass is 544 g/mol. The van der Waals surface area contributed by atoms with Crippen molar-refractivity contribution < 1.29 is 40.8 Å². The van der Waals surface area contributed by atoms with E-state index >= 15 is 0 Å². The van der Waals surface area contributed by atoms with Gasteiger partial charge >= 0.3 is 13.6 Å². The topological polar surface area (TPSA) is 149 Å². The molecule has 0 aliphatic carbocycles. The van der Waals surface area contributed by atoms with Gasteiger partial charge in [-0.05, 0) is 45.1 Å². The summed E-state index contributed by atoms with van der Waals surface area (Å²) in [5.41, 5.74) is -0.228. The summed E-state index contributed by atoms with van der Waals surface area (Å²) in [6.45, 7) is 3.24. The molecule has 3 rings (SSSR count). The molecular formula is C23H31N2O9PS. The van der Waals surface area contributed by atoms with Gasteiger partial charge in [-0.15, -0.1) is 0 Å². The van der Waals surface area contributed by atoms with Crippen LogP contribution in [0.1, 0.15) is 35.3 Å². The van der Waals surface area contributed by atoms with E-state index in [1.807, 2.05) is 0 Å². The molecule has 1 saturated heterocycles.